The Hall–Kier alpha value is -2.84. The van der Waals surface area contributed by atoms with E-state index in [0.29, 0.717) is 23.1 Å². The van der Waals surface area contributed by atoms with Gasteiger partial charge in [-0.05, 0) is 51.1 Å². The number of anilines is 1. The normalized spacial score (nSPS) is 15.6. The molecule has 0 amide bonds. The quantitative estimate of drug-likeness (QED) is 0.585. The van der Waals surface area contributed by atoms with Crippen molar-refractivity contribution in [3.63, 3.8) is 0 Å². The van der Waals surface area contributed by atoms with Gasteiger partial charge in [0.05, 0.1) is 29.9 Å². The molecule has 0 spiro atoms. The van der Waals surface area contributed by atoms with Crippen molar-refractivity contribution in [2.45, 2.75) is 31.9 Å². The van der Waals surface area contributed by atoms with Crippen LogP contribution in [0.25, 0.3) is 11.1 Å². The molecule has 0 aliphatic carbocycles. The van der Waals surface area contributed by atoms with Crippen LogP contribution in [-0.2, 0) is 0 Å². The average molecular weight is 446 g/mol. The number of hydrogen-bond acceptors (Lipinski definition) is 6. The molecule has 9 heteroatoms. The summed E-state index contributed by atoms with van der Waals surface area (Å²) < 4.78 is 27.4. The van der Waals surface area contributed by atoms with Crippen molar-refractivity contribution in [1.82, 2.24) is 20.1 Å². The van der Waals surface area contributed by atoms with Gasteiger partial charge in [0.15, 0.2) is 11.6 Å². The molecule has 2 aromatic heterocycles. The minimum absolute atomic E-state index is 0.0437. The number of halogens is 2. The minimum atomic E-state index is -0.616. The van der Waals surface area contributed by atoms with Crippen molar-refractivity contribution in [3.05, 3.63) is 53.2 Å². The number of rotatable bonds is 6. The molecular weight excluding hydrogens is 421 g/mol. The highest BCUT2D eigenvalue weighted by atomic mass is 35.5. The van der Waals surface area contributed by atoms with Crippen LogP contribution in [0.2, 0.25) is 5.02 Å². The molecule has 164 valence electrons. The van der Waals surface area contributed by atoms with Gasteiger partial charge < -0.3 is 20.5 Å². The minimum Gasteiger partial charge on any atom is -0.496 e. The molecule has 7 nitrogen and oxygen atoms in total. The van der Waals surface area contributed by atoms with E-state index < -0.39 is 11.9 Å². The lowest BCUT2D eigenvalue weighted by Crippen LogP contribution is -2.29. The summed E-state index contributed by atoms with van der Waals surface area (Å²) in [6.07, 6.45) is 6.99. The Bertz CT molecular complexity index is 1070. The van der Waals surface area contributed by atoms with Gasteiger partial charge in [-0.15, -0.1) is 0 Å². The first-order valence-corrected chi connectivity index (χ1v) is 10.5. The molecule has 1 saturated heterocycles. The predicted molar refractivity (Wildman–Crippen MR) is 118 cm³/mol. The van der Waals surface area contributed by atoms with Crippen LogP contribution in [0.5, 0.6) is 11.5 Å². The number of aromatic nitrogens is 3. The number of piperidine rings is 1. The van der Waals surface area contributed by atoms with E-state index in [4.69, 9.17) is 26.8 Å². The van der Waals surface area contributed by atoms with E-state index in [9.17, 15) is 4.39 Å². The Morgan fingerprint density at radius 3 is 2.74 bits per heavy atom. The van der Waals surface area contributed by atoms with Gasteiger partial charge in [-0.2, -0.15) is 5.10 Å². The van der Waals surface area contributed by atoms with E-state index in [-0.39, 0.29) is 10.8 Å². The molecule has 0 bridgehead atoms. The van der Waals surface area contributed by atoms with Gasteiger partial charge in [-0.3, -0.25) is 4.68 Å². The summed E-state index contributed by atoms with van der Waals surface area (Å²) in [4.78, 5) is 4.27. The van der Waals surface area contributed by atoms with Crippen molar-refractivity contribution < 1.29 is 13.9 Å². The number of methoxy groups -OCH3 is 1. The zero-order valence-corrected chi connectivity index (χ0v) is 18.2. The van der Waals surface area contributed by atoms with Crippen molar-refractivity contribution in [3.8, 4) is 22.6 Å². The summed E-state index contributed by atoms with van der Waals surface area (Å²) in [5.74, 6) is 0.498. The summed E-state index contributed by atoms with van der Waals surface area (Å²) in [7, 11) is 1.50. The fraction of sp³-hybridized carbons (Fsp3) is 0.364. The number of hydrogen-bond donors (Lipinski definition) is 2. The lowest BCUT2D eigenvalue weighted by molar-refractivity contribution is 0.221. The lowest BCUT2D eigenvalue weighted by Gasteiger charge is -2.22. The maximum absolute atomic E-state index is 14.0. The molecule has 1 aromatic carbocycles. The molecule has 0 radical (unpaired) electrons. The Labute approximate surface area is 185 Å². The molecule has 3 heterocycles. The molecule has 1 aliphatic heterocycles. The molecule has 1 fully saturated rings. The van der Waals surface area contributed by atoms with Gasteiger partial charge in [0.25, 0.3) is 0 Å². The number of nitrogens with one attached hydrogen (secondary N) is 1. The highest BCUT2D eigenvalue weighted by Gasteiger charge is 2.22. The first-order valence-electron chi connectivity index (χ1n) is 10.2. The number of nitrogen functional groups attached to an aromatic ring is 1. The van der Waals surface area contributed by atoms with Crippen molar-refractivity contribution in [2.75, 3.05) is 25.9 Å². The summed E-state index contributed by atoms with van der Waals surface area (Å²) in [5, 5.41) is 7.85. The van der Waals surface area contributed by atoms with E-state index in [1.54, 1.807) is 13.1 Å². The Kier molecular flexibility index (Phi) is 6.29. The third-order valence-electron chi connectivity index (χ3n) is 5.52. The lowest BCUT2D eigenvalue weighted by atomic mass is 10.1. The van der Waals surface area contributed by atoms with Gasteiger partial charge in [0.2, 0.25) is 0 Å². The van der Waals surface area contributed by atoms with Crippen LogP contribution in [-0.4, -0.2) is 35.0 Å². The van der Waals surface area contributed by atoms with Gasteiger partial charge in [0.1, 0.15) is 17.7 Å². The van der Waals surface area contributed by atoms with E-state index in [1.807, 2.05) is 23.1 Å². The second-order valence-corrected chi connectivity index (χ2v) is 7.91. The fourth-order valence-electron chi connectivity index (χ4n) is 3.82. The van der Waals surface area contributed by atoms with Crippen molar-refractivity contribution in [1.29, 1.82) is 0 Å². The molecule has 1 aliphatic rings. The topological polar surface area (TPSA) is 87.2 Å². The summed E-state index contributed by atoms with van der Waals surface area (Å²) in [6.45, 7) is 3.74. The van der Waals surface area contributed by atoms with Gasteiger partial charge in [-0.25, -0.2) is 9.37 Å². The van der Waals surface area contributed by atoms with Crippen LogP contribution in [0.1, 0.15) is 37.5 Å². The highest BCUT2D eigenvalue weighted by molar-refractivity contribution is 6.31. The summed E-state index contributed by atoms with van der Waals surface area (Å²) >= 11 is 6.18. The molecular formula is C22H25ClFN5O2. The molecule has 1 unspecified atom stereocenters. The largest absolute Gasteiger partial charge is 0.496 e. The van der Waals surface area contributed by atoms with Crippen LogP contribution in [0.15, 0.2) is 36.8 Å². The number of nitrogens with zero attached hydrogens (tertiary/aromatic N) is 3. The zero-order chi connectivity index (χ0) is 22.0. The number of benzene rings is 1. The van der Waals surface area contributed by atoms with E-state index in [2.05, 4.69) is 15.4 Å². The second-order valence-electron chi connectivity index (χ2n) is 7.53. The smallest absolute Gasteiger partial charge is 0.166 e. The van der Waals surface area contributed by atoms with Gasteiger partial charge in [-0.1, -0.05) is 11.6 Å². The summed E-state index contributed by atoms with van der Waals surface area (Å²) in [6, 6.07) is 4.97. The molecule has 4 rings (SSSR count). The molecule has 1 atom stereocenters. The Morgan fingerprint density at radius 2 is 2.00 bits per heavy atom. The standard InChI is InChI=1S/C22H25ClFN5O2/c1-13(20-18(30-2)4-3-17(24)21(20)23)31-19-9-14(10-27-22(19)25)15-11-28-29(12-15)16-5-7-26-8-6-16/h3-4,9-13,16,26H,5-8H2,1-2H3,(H2,25,27). The van der Waals surface area contributed by atoms with Crippen LogP contribution < -0.4 is 20.5 Å². The van der Waals surface area contributed by atoms with Crippen LogP contribution in [0, 0.1) is 5.82 Å². The van der Waals surface area contributed by atoms with Crippen LogP contribution in [0.3, 0.4) is 0 Å². The third kappa shape index (κ3) is 4.45. The first kappa shape index (κ1) is 21.4. The van der Waals surface area contributed by atoms with E-state index in [1.165, 1.54) is 19.2 Å². The van der Waals surface area contributed by atoms with Crippen LogP contribution in [0.4, 0.5) is 10.2 Å². The number of pyridine rings is 1. The third-order valence-corrected chi connectivity index (χ3v) is 5.91. The maximum Gasteiger partial charge on any atom is 0.166 e. The number of ether oxygens (including phenoxy) is 2. The monoisotopic (exact) mass is 445 g/mol. The fourth-order valence-corrected chi connectivity index (χ4v) is 4.13. The highest BCUT2D eigenvalue weighted by Crippen LogP contribution is 2.38. The molecule has 3 N–H and O–H groups in total. The zero-order valence-electron chi connectivity index (χ0n) is 17.4. The molecule has 31 heavy (non-hydrogen) atoms. The van der Waals surface area contributed by atoms with Crippen molar-refractivity contribution in [2.24, 2.45) is 0 Å². The van der Waals surface area contributed by atoms with E-state index in [0.717, 1.165) is 37.1 Å². The van der Waals surface area contributed by atoms with Gasteiger partial charge in [0, 0.05) is 23.5 Å². The van der Waals surface area contributed by atoms with Crippen molar-refractivity contribution >= 4 is 17.4 Å². The average Bonchev–Trinajstić information content (AvgIpc) is 3.28. The SMILES string of the molecule is COc1ccc(F)c(Cl)c1C(C)Oc1cc(-c2cnn(C3CCNCC3)c2)cnc1N. The summed E-state index contributed by atoms with van der Waals surface area (Å²) in [5.41, 5.74) is 8.21. The molecule has 3 aromatic rings. The first-order chi connectivity index (χ1) is 15.0. The Morgan fingerprint density at radius 1 is 1.23 bits per heavy atom. The molecule has 0 saturated carbocycles. The number of nitrogens with two attached hydrogens (primary N) is 1. The van der Waals surface area contributed by atoms with Crippen LogP contribution >= 0.6 is 11.6 Å². The Balaban J connectivity index is 1.59. The van der Waals surface area contributed by atoms with Gasteiger partial charge >= 0.3 is 0 Å². The predicted octanol–water partition coefficient (Wildman–Crippen LogP) is 4.39. The second kappa shape index (κ2) is 9.11. The maximum atomic E-state index is 14.0. The van der Waals surface area contributed by atoms with E-state index >= 15 is 0 Å².